The van der Waals surface area contributed by atoms with Gasteiger partial charge in [0.1, 0.15) is 11.5 Å². The Bertz CT molecular complexity index is 727. The molecule has 24 heavy (non-hydrogen) atoms. The van der Waals surface area contributed by atoms with E-state index in [2.05, 4.69) is 15.2 Å². The molecule has 1 amide bonds. The zero-order valence-corrected chi connectivity index (χ0v) is 13.5. The van der Waals surface area contributed by atoms with Gasteiger partial charge in [-0.1, -0.05) is 6.42 Å². The standard InChI is InChI=1S/C18H21FN4O/c19-13-4-6-14(7-5-13)23-12-20-11-17(23)18(24)21-15-8-10-22-9-2-1-3-16(15)22/h4-7,11-12,15-16H,1-3,8-10H2,(H,21,24)/t15-,16-/m1/s1. The number of hydrogen-bond acceptors (Lipinski definition) is 3. The van der Waals surface area contributed by atoms with Gasteiger partial charge in [0, 0.05) is 24.3 Å². The number of nitrogens with one attached hydrogen (secondary N) is 1. The molecule has 0 aliphatic carbocycles. The first-order valence-electron chi connectivity index (χ1n) is 8.55. The number of fused-ring (bicyclic) bond motifs is 1. The number of amides is 1. The summed E-state index contributed by atoms with van der Waals surface area (Å²) in [5, 5.41) is 3.19. The number of nitrogens with zero attached hydrogens (tertiary/aromatic N) is 3. The van der Waals surface area contributed by atoms with Crippen LogP contribution in [0.1, 0.15) is 36.2 Å². The van der Waals surface area contributed by atoms with Crippen LogP contribution < -0.4 is 5.32 Å². The molecule has 1 N–H and O–H groups in total. The number of piperidine rings is 1. The van der Waals surface area contributed by atoms with Crippen molar-refractivity contribution >= 4 is 5.91 Å². The Kier molecular flexibility index (Phi) is 4.06. The Hall–Kier alpha value is -2.21. The number of benzene rings is 1. The summed E-state index contributed by atoms with van der Waals surface area (Å²) in [4.78, 5) is 19.3. The molecule has 2 fully saturated rings. The monoisotopic (exact) mass is 328 g/mol. The van der Waals surface area contributed by atoms with Gasteiger partial charge in [-0.15, -0.1) is 0 Å². The number of halogens is 1. The Morgan fingerprint density at radius 1 is 1.17 bits per heavy atom. The smallest absolute Gasteiger partial charge is 0.270 e. The van der Waals surface area contributed by atoms with Crippen LogP contribution in [0.15, 0.2) is 36.8 Å². The zero-order valence-electron chi connectivity index (χ0n) is 13.5. The van der Waals surface area contributed by atoms with E-state index in [0.717, 1.165) is 31.6 Å². The van der Waals surface area contributed by atoms with Gasteiger partial charge < -0.3 is 5.32 Å². The van der Waals surface area contributed by atoms with Crippen molar-refractivity contribution in [2.75, 3.05) is 13.1 Å². The fraction of sp³-hybridized carbons (Fsp3) is 0.444. The van der Waals surface area contributed by atoms with E-state index in [0.29, 0.717) is 11.7 Å². The van der Waals surface area contributed by atoms with Crippen LogP contribution in [0, 0.1) is 5.82 Å². The van der Waals surface area contributed by atoms with Gasteiger partial charge in [-0.3, -0.25) is 14.3 Å². The van der Waals surface area contributed by atoms with E-state index in [4.69, 9.17) is 0 Å². The highest BCUT2D eigenvalue weighted by Gasteiger charge is 2.36. The first-order valence-corrected chi connectivity index (χ1v) is 8.55. The van der Waals surface area contributed by atoms with Crippen LogP contribution in [0.5, 0.6) is 0 Å². The van der Waals surface area contributed by atoms with Crippen LogP contribution in [0.4, 0.5) is 4.39 Å². The Morgan fingerprint density at radius 3 is 2.83 bits per heavy atom. The SMILES string of the molecule is O=C(N[C@@H]1CCN2CCCC[C@H]12)c1cncn1-c1ccc(F)cc1. The summed E-state index contributed by atoms with van der Waals surface area (Å²) in [6, 6.07) is 6.72. The van der Waals surface area contributed by atoms with Crippen molar-refractivity contribution in [3.8, 4) is 5.69 Å². The first-order chi connectivity index (χ1) is 11.7. The van der Waals surface area contributed by atoms with Gasteiger partial charge in [0.2, 0.25) is 0 Å². The van der Waals surface area contributed by atoms with E-state index < -0.39 is 0 Å². The molecule has 0 unspecified atom stereocenters. The number of carbonyl (C=O) groups excluding carboxylic acids is 1. The lowest BCUT2D eigenvalue weighted by molar-refractivity contribution is 0.0908. The van der Waals surface area contributed by atoms with Gasteiger partial charge >= 0.3 is 0 Å². The lowest BCUT2D eigenvalue weighted by atomic mass is 9.99. The largest absolute Gasteiger partial charge is 0.346 e. The van der Waals surface area contributed by atoms with Crippen LogP contribution in [0.25, 0.3) is 5.69 Å². The topological polar surface area (TPSA) is 50.2 Å². The molecule has 6 heteroatoms. The number of imidazole rings is 1. The van der Waals surface area contributed by atoms with Crippen molar-refractivity contribution in [3.63, 3.8) is 0 Å². The fourth-order valence-electron chi connectivity index (χ4n) is 3.93. The molecular formula is C18H21FN4O. The molecular weight excluding hydrogens is 307 g/mol. The van der Waals surface area contributed by atoms with Crippen molar-refractivity contribution in [1.82, 2.24) is 19.8 Å². The molecule has 2 aliphatic rings. The molecule has 1 aromatic heterocycles. The quantitative estimate of drug-likeness (QED) is 0.941. The van der Waals surface area contributed by atoms with Gasteiger partial charge in [-0.25, -0.2) is 9.37 Å². The molecule has 0 saturated carbocycles. The third-order valence-corrected chi connectivity index (χ3v) is 5.15. The highest BCUT2D eigenvalue weighted by molar-refractivity contribution is 5.93. The third kappa shape index (κ3) is 2.82. The highest BCUT2D eigenvalue weighted by Crippen LogP contribution is 2.27. The summed E-state index contributed by atoms with van der Waals surface area (Å²) < 4.78 is 14.8. The molecule has 4 rings (SSSR count). The van der Waals surface area contributed by atoms with E-state index >= 15 is 0 Å². The minimum atomic E-state index is -0.298. The van der Waals surface area contributed by atoms with E-state index in [1.54, 1.807) is 29.2 Å². The second-order valence-electron chi connectivity index (χ2n) is 6.59. The van der Waals surface area contributed by atoms with Crippen LogP contribution in [0.2, 0.25) is 0 Å². The molecule has 0 spiro atoms. The number of hydrogen-bond donors (Lipinski definition) is 1. The summed E-state index contributed by atoms with van der Waals surface area (Å²) >= 11 is 0. The van der Waals surface area contributed by atoms with Crippen molar-refractivity contribution in [3.05, 3.63) is 48.3 Å². The molecule has 0 radical (unpaired) electrons. The molecule has 126 valence electrons. The van der Waals surface area contributed by atoms with Crippen molar-refractivity contribution in [2.45, 2.75) is 37.8 Å². The number of rotatable bonds is 3. The third-order valence-electron chi connectivity index (χ3n) is 5.15. The van der Waals surface area contributed by atoms with Crippen molar-refractivity contribution in [1.29, 1.82) is 0 Å². The molecule has 2 saturated heterocycles. The average Bonchev–Trinajstić information content (AvgIpc) is 3.23. The second kappa shape index (κ2) is 6.36. The van der Waals surface area contributed by atoms with E-state index in [1.165, 1.54) is 25.0 Å². The van der Waals surface area contributed by atoms with Gasteiger partial charge in [0.25, 0.3) is 5.91 Å². The van der Waals surface area contributed by atoms with Crippen molar-refractivity contribution < 1.29 is 9.18 Å². The van der Waals surface area contributed by atoms with E-state index in [9.17, 15) is 9.18 Å². The first kappa shape index (κ1) is 15.3. The van der Waals surface area contributed by atoms with Gasteiger partial charge in [0.05, 0.1) is 12.5 Å². The zero-order chi connectivity index (χ0) is 16.5. The summed E-state index contributed by atoms with van der Waals surface area (Å²) in [7, 11) is 0. The molecule has 5 nitrogen and oxygen atoms in total. The Labute approximate surface area is 140 Å². The van der Waals surface area contributed by atoms with Crippen LogP contribution in [-0.2, 0) is 0 Å². The maximum absolute atomic E-state index is 13.1. The predicted octanol–water partition coefficient (Wildman–Crippen LogP) is 2.37. The van der Waals surface area contributed by atoms with Gasteiger partial charge in [-0.05, 0) is 50.1 Å². The Balaban J connectivity index is 1.51. The summed E-state index contributed by atoms with van der Waals surface area (Å²) in [5.41, 5.74) is 1.21. The lowest BCUT2D eigenvalue weighted by Gasteiger charge is -2.32. The normalized spacial score (nSPS) is 23.9. The number of carbonyl (C=O) groups is 1. The van der Waals surface area contributed by atoms with Crippen LogP contribution in [0.3, 0.4) is 0 Å². The molecule has 2 aliphatic heterocycles. The number of aromatic nitrogens is 2. The maximum Gasteiger partial charge on any atom is 0.270 e. The van der Waals surface area contributed by atoms with Crippen LogP contribution >= 0.6 is 0 Å². The highest BCUT2D eigenvalue weighted by atomic mass is 19.1. The Morgan fingerprint density at radius 2 is 2.00 bits per heavy atom. The molecule has 2 atom stereocenters. The molecule has 2 aromatic rings. The lowest BCUT2D eigenvalue weighted by Crippen LogP contribution is -2.47. The fourth-order valence-corrected chi connectivity index (χ4v) is 3.93. The van der Waals surface area contributed by atoms with Gasteiger partial charge in [-0.2, -0.15) is 0 Å². The molecule has 0 bridgehead atoms. The second-order valence-corrected chi connectivity index (χ2v) is 6.59. The van der Waals surface area contributed by atoms with Gasteiger partial charge in [0.15, 0.2) is 0 Å². The van der Waals surface area contributed by atoms with Crippen LogP contribution in [-0.4, -0.2) is 45.5 Å². The summed E-state index contributed by atoms with van der Waals surface area (Å²) in [5.74, 6) is -0.414. The molecule has 1 aromatic carbocycles. The van der Waals surface area contributed by atoms with E-state index in [-0.39, 0.29) is 17.8 Å². The average molecular weight is 328 g/mol. The molecule has 3 heterocycles. The summed E-state index contributed by atoms with van der Waals surface area (Å²) in [6.45, 7) is 2.21. The maximum atomic E-state index is 13.1. The minimum Gasteiger partial charge on any atom is -0.346 e. The van der Waals surface area contributed by atoms with Crippen molar-refractivity contribution in [2.24, 2.45) is 0 Å². The summed E-state index contributed by atoms with van der Waals surface area (Å²) in [6.07, 6.45) is 7.80. The minimum absolute atomic E-state index is 0.116. The van der Waals surface area contributed by atoms with E-state index in [1.807, 2.05) is 0 Å². The predicted molar refractivity (Wildman–Crippen MR) is 88.6 cm³/mol.